The molecule has 0 bridgehead atoms. The first kappa shape index (κ1) is 15.1. The molecule has 2 N–H and O–H groups in total. The van der Waals surface area contributed by atoms with E-state index in [2.05, 4.69) is 10.6 Å². The highest BCUT2D eigenvalue weighted by atomic mass is 32.1. The monoisotopic (exact) mass is 280 g/mol. The molecule has 0 radical (unpaired) electrons. The average molecular weight is 280 g/mol. The Kier molecular flexibility index (Phi) is 5.95. The highest BCUT2D eigenvalue weighted by Gasteiger charge is 2.06. The average Bonchev–Trinajstić information content (AvgIpc) is 2.35. The normalized spacial score (nSPS) is 9.58. The SMILES string of the molecule is CCCOC(=O)c1ccc(NC(=S)NC(C)=O)cc1. The largest absolute Gasteiger partial charge is 0.462 e. The smallest absolute Gasteiger partial charge is 0.338 e. The number of nitrogens with one attached hydrogen (secondary N) is 2. The van der Waals surface area contributed by atoms with E-state index in [1.807, 2.05) is 6.92 Å². The third kappa shape index (κ3) is 5.48. The molecule has 0 fully saturated rings. The summed E-state index contributed by atoms with van der Waals surface area (Å²) in [6.07, 6.45) is 0.788. The fraction of sp³-hybridized carbons (Fsp3) is 0.308. The molecule has 0 atom stereocenters. The van der Waals surface area contributed by atoms with Crippen molar-refractivity contribution in [2.45, 2.75) is 20.3 Å². The van der Waals surface area contributed by atoms with Crippen LogP contribution in [-0.2, 0) is 9.53 Å². The first-order valence-corrected chi connectivity index (χ1v) is 6.29. The predicted octanol–water partition coefficient (Wildman–Crippen LogP) is 2.09. The van der Waals surface area contributed by atoms with Crippen molar-refractivity contribution in [1.29, 1.82) is 0 Å². The molecule has 0 aliphatic heterocycles. The molecule has 0 aliphatic rings. The molecule has 0 aliphatic carbocycles. The lowest BCUT2D eigenvalue weighted by molar-refractivity contribution is -0.117. The molecular weight excluding hydrogens is 264 g/mol. The van der Waals surface area contributed by atoms with Gasteiger partial charge in [0.05, 0.1) is 12.2 Å². The number of anilines is 1. The highest BCUT2D eigenvalue weighted by molar-refractivity contribution is 7.80. The lowest BCUT2D eigenvalue weighted by Gasteiger charge is -2.08. The zero-order valence-corrected chi connectivity index (χ0v) is 11.7. The number of carbonyl (C=O) groups excluding carboxylic acids is 2. The number of ether oxygens (including phenoxy) is 1. The van der Waals surface area contributed by atoms with E-state index in [9.17, 15) is 9.59 Å². The Morgan fingerprint density at radius 1 is 1.26 bits per heavy atom. The summed E-state index contributed by atoms with van der Waals surface area (Å²) in [4.78, 5) is 22.3. The summed E-state index contributed by atoms with van der Waals surface area (Å²) in [7, 11) is 0. The summed E-state index contributed by atoms with van der Waals surface area (Å²) in [6, 6.07) is 6.65. The number of benzene rings is 1. The zero-order valence-electron chi connectivity index (χ0n) is 10.9. The van der Waals surface area contributed by atoms with Gasteiger partial charge in [-0.2, -0.15) is 0 Å². The van der Waals surface area contributed by atoms with Crippen LogP contribution in [0.1, 0.15) is 30.6 Å². The third-order valence-electron chi connectivity index (χ3n) is 2.11. The van der Waals surface area contributed by atoms with Crippen LogP contribution >= 0.6 is 12.2 Å². The summed E-state index contributed by atoms with van der Waals surface area (Å²) >= 11 is 4.92. The van der Waals surface area contributed by atoms with Crippen LogP contribution in [0.5, 0.6) is 0 Å². The van der Waals surface area contributed by atoms with Crippen molar-refractivity contribution in [3.05, 3.63) is 29.8 Å². The molecule has 1 aromatic carbocycles. The van der Waals surface area contributed by atoms with Gasteiger partial charge in [0.2, 0.25) is 5.91 Å². The number of amides is 1. The molecule has 1 aromatic rings. The van der Waals surface area contributed by atoms with Gasteiger partial charge in [0.1, 0.15) is 0 Å². The molecule has 6 heteroatoms. The van der Waals surface area contributed by atoms with Gasteiger partial charge in [-0.25, -0.2) is 4.79 Å². The third-order valence-corrected chi connectivity index (χ3v) is 2.31. The van der Waals surface area contributed by atoms with Crippen molar-refractivity contribution in [3.8, 4) is 0 Å². The number of carbonyl (C=O) groups is 2. The predicted molar refractivity (Wildman–Crippen MR) is 77.1 cm³/mol. The maximum atomic E-state index is 11.6. The van der Waals surface area contributed by atoms with Gasteiger partial charge in [0.15, 0.2) is 5.11 Å². The van der Waals surface area contributed by atoms with Gasteiger partial charge in [0.25, 0.3) is 0 Å². The minimum Gasteiger partial charge on any atom is -0.462 e. The molecule has 19 heavy (non-hydrogen) atoms. The molecule has 5 nitrogen and oxygen atoms in total. The van der Waals surface area contributed by atoms with Crippen molar-refractivity contribution in [1.82, 2.24) is 5.32 Å². The fourth-order valence-corrected chi connectivity index (χ4v) is 1.55. The van der Waals surface area contributed by atoms with Gasteiger partial charge >= 0.3 is 5.97 Å². The lowest BCUT2D eigenvalue weighted by Crippen LogP contribution is -2.32. The van der Waals surface area contributed by atoms with Gasteiger partial charge in [-0.1, -0.05) is 6.92 Å². The van der Waals surface area contributed by atoms with Crippen molar-refractivity contribution in [3.63, 3.8) is 0 Å². The number of esters is 1. The second-order valence-electron chi connectivity index (χ2n) is 3.85. The van der Waals surface area contributed by atoms with E-state index in [0.29, 0.717) is 17.9 Å². The van der Waals surface area contributed by atoms with Crippen LogP contribution in [0.4, 0.5) is 5.69 Å². The van der Waals surface area contributed by atoms with Crippen molar-refractivity contribution >= 4 is 34.9 Å². The number of rotatable bonds is 4. The first-order chi connectivity index (χ1) is 9.02. The Bertz CT molecular complexity index is 471. The van der Waals surface area contributed by atoms with Crippen LogP contribution in [0, 0.1) is 0 Å². The summed E-state index contributed by atoms with van der Waals surface area (Å²) < 4.78 is 5.01. The summed E-state index contributed by atoms with van der Waals surface area (Å²) in [5.41, 5.74) is 1.16. The summed E-state index contributed by atoms with van der Waals surface area (Å²) in [6.45, 7) is 3.72. The highest BCUT2D eigenvalue weighted by Crippen LogP contribution is 2.10. The Balaban J connectivity index is 2.58. The lowest BCUT2D eigenvalue weighted by atomic mass is 10.2. The van der Waals surface area contributed by atoms with E-state index < -0.39 is 0 Å². The second-order valence-corrected chi connectivity index (χ2v) is 4.26. The van der Waals surface area contributed by atoms with Crippen LogP contribution in [0.25, 0.3) is 0 Å². The maximum Gasteiger partial charge on any atom is 0.338 e. The van der Waals surface area contributed by atoms with E-state index in [0.717, 1.165) is 6.42 Å². The molecule has 0 spiro atoms. The Morgan fingerprint density at radius 2 is 1.89 bits per heavy atom. The topological polar surface area (TPSA) is 67.4 Å². The minimum atomic E-state index is -0.349. The van der Waals surface area contributed by atoms with Gasteiger partial charge in [0, 0.05) is 12.6 Å². The molecule has 1 rings (SSSR count). The van der Waals surface area contributed by atoms with Crippen LogP contribution in [-0.4, -0.2) is 23.6 Å². The summed E-state index contributed by atoms with van der Waals surface area (Å²) in [5.74, 6) is -0.588. The molecule has 0 saturated heterocycles. The fourth-order valence-electron chi connectivity index (χ4n) is 1.29. The minimum absolute atomic E-state index is 0.216. The summed E-state index contributed by atoms with van der Waals surface area (Å²) in [5, 5.41) is 5.49. The molecule has 0 unspecified atom stereocenters. The van der Waals surface area contributed by atoms with E-state index >= 15 is 0 Å². The zero-order chi connectivity index (χ0) is 14.3. The van der Waals surface area contributed by atoms with E-state index in [-0.39, 0.29) is 17.0 Å². The van der Waals surface area contributed by atoms with Gasteiger partial charge in [-0.15, -0.1) is 0 Å². The Hall–Kier alpha value is -1.95. The first-order valence-electron chi connectivity index (χ1n) is 5.88. The molecule has 0 saturated carbocycles. The van der Waals surface area contributed by atoms with Crippen molar-refractivity contribution in [2.24, 2.45) is 0 Å². The van der Waals surface area contributed by atoms with Crippen molar-refractivity contribution < 1.29 is 14.3 Å². The maximum absolute atomic E-state index is 11.6. The number of hydrogen-bond donors (Lipinski definition) is 2. The molecular formula is C13H16N2O3S. The molecule has 102 valence electrons. The van der Waals surface area contributed by atoms with E-state index in [4.69, 9.17) is 17.0 Å². The molecule has 0 aromatic heterocycles. The van der Waals surface area contributed by atoms with Crippen LogP contribution in [0.3, 0.4) is 0 Å². The second kappa shape index (κ2) is 7.48. The van der Waals surface area contributed by atoms with Crippen molar-refractivity contribution in [2.75, 3.05) is 11.9 Å². The quantitative estimate of drug-likeness (QED) is 0.653. The van der Waals surface area contributed by atoms with Gasteiger partial charge < -0.3 is 15.4 Å². The molecule has 1 amide bonds. The van der Waals surface area contributed by atoms with Crippen LogP contribution < -0.4 is 10.6 Å². The Labute approximate surface area is 117 Å². The van der Waals surface area contributed by atoms with Gasteiger partial charge in [-0.05, 0) is 42.9 Å². The standard InChI is InChI=1S/C13H16N2O3S/c1-3-8-18-12(17)10-4-6-11(7-5-10)15-13(19)14-9(2)16/h4-7H,3,8H2,1-2H3,(H2,14,15,16,19). The van der Waals surface area contributed by atoms with E-state index in [1.165, 1.54) is 6.92 Å². The van der Waals surface area contributed by atoms with Crippen LogP contribution in [0.2, 0.25) is 0 Å². The number of thiocarbonyl (C=S) groups is 1. The van der Waals surface area contributed by atoms with E-state index in [1.54, 1.807) is 24.3 Å². The Morgan fingerprint density at radius 3 is 2.42 bits per heavy atom. The van der Waals surface area contributed by atoms with Crippen LogP contribution in [0.15, 0.2) is 24.3 Å². The molecule has 0 heterocycles. The van der Waals surface area contributed by atoms with Gasteiger partial charge in [-0.3, -0.25) is 4.79 Å². The number of hydrogen-bond acceptors (Lipinski definition) is 4.